The van der Waals surface area contributed by atoms with Crippen molar-refractivity contribution in [3.8, 4) is 0 Å². The molecule has 1 aromatic carbocycles. The Hall–Kier alpha value is -2.31. The molecular weight excluding hydrogens is 402 g/mol. The van der Waals surface area contributed by atoms with Crippen molar-refractivity contribution >= 4 is 44.1 Å². The molecule has 3 heterocycles. The lowest BCUT2D eigenvalue weighted by molar-refractivity contribution is 0.0689. The van der Waals surface area contributed by atoms with E-state index in [1.807, 2.05) is 47.8 Å². The van der Waals surface area contributed by atoms with Gasteiger partial charge in [-0.15, -0.1) is 11.3 Å². The Morgan fingerprint density at radius 1 is 1.12 bits per heavy atom. The van der Waals surface area contributed by atoms with E-state index < -0.39 is 0 Å². The third-order valence-corrected chi connectivity index (χ3v) is 5.33. The number of hydrogen-bond acceptors (Lipinski definition) is 4. The number of thiophene rings is 1. The van der Waals surface area contributed by atoms with E-state index >= 15 is 0 Å². The largest absolute Gasteiger partial charge is 0.467 e. The van der Waals surface area contributed by atoms with E-state index in [1.54, 1.807) is 28.6 Å². The lowest BCUT2D eigenvalue weighted by Crippen LogP contribution is -2.29. The van der Waals surface area contributed by atoms with E-state index in [2.05, 4.69) is 15.9 Å². The van der Waals surface area contributed by atoms with Crippen molar-refractivity contribution in [1.29, 1.82) is 0 Å². The van der Waals surface area contributed by atoms with E-state index in [-0.39, 0.29) is 5.91 Å². The summed E-state index contributed by atoms with van der Waals surface area (Å²) < 4.78 is 12.1. The minimum Gasteiger partial charge on any atom is -0.467 e. The molecule has 25 heavy (non-hydrogen) atoms. The highest BCUT2D eigenvalue weighted by molar-refractivity contribution is 9.10. The molecule has 0 aliphatic heterocycles. The van der Waals surface area contributed by atoms with E-state index in [4.69, 9.17) is 8.83 Å². The van der Waals surface area contributed by atoms with E-state index in [1.165, 1.54) is 0 Å². The predicted molar refractivity (Wildman–Crippen MR) is 101 cm³/mol. The number of fused-ring (bicyclic) bond motifs is 1. The van der Waals surface area contributed by atoms with E-state index in [0.29, 0.717) is 24.4 Å². The van der Waals surface area contributed by atoms with Crippen LogP contribution >= 0.6 is 27.3 Å². The second-order valence-corrected chi connectivity index (χ2v) is 7.48. The van der Waals surface area contributed by atoms with Crippen LogP contribution in [-0.4, -0.2) is 10.8 Å². The minimum absolute atomic E-state index is 0.159. The van der Waals surface area contributed by atoms with Crippen LogP contribution in [0.4, 0.5) is 0 Å². The standard InChI is InChI=1S/C19H14BrNO3S/c20-16-7-1-4-13-10-17(24-18(13)16)19(22)21(11-14-5-2-8-23-14)12-15-6-3-9-25-15/h1-10H,11-12H2. The zero-order valence-electron chi connectivity index (χ0n) is 13.1. The summed E-state index contributed by atoms with van der Waals surface area (Å²) >= 11 is 5.08. The Morgan fingerprint density at radius 2 is 2.04 bits per heavy atom. The Bertz CT molecular complexity index is 953. The quantitative estimate of drug-likeness (QED) is 0.420. The molecule has 0 spiro atoms. The fourth-order valence-corrected chi connectivity index (χ4v) is 3.85. The van der Waals surface area contributed by atoms with Crippen LogP contribution in [0, 0.1) is 0 Å². The zero-order chi connectivity index (χ0) is 17.2. The second-order valence-electron chi connectivity index (χ2n) is 5.59. The highest BCUT2D eigenvalue weighted by atomic mass is 79.9. The maximum Gasteiger partial charge on any atom is 0.290 e. The molecule has 0 bridgehead atoms. The van der Waals surface area contributed by atoms with Crippen LogP contribution in [0.5, 0.6) is 0 Å². The van der Waals surface area contributed by atoms with Crippen LogP contribution in [-0.2, 0) is 13.1 Å². The number of halogens is 1. The van der Waals surface area contributed by atoms with Crippen molar-refractivity contribution in [2.24, 2.45) is 0 Å². The van der Waals surface area contributed by atoms with Crippen molar-refractivity contribution < 1.29 is 13.6 Å². The molecule has 0 unspecified atom stereocenters. The summed E-state index contributed by atoms with van der Waals surface area (Å²) in [5.74, 6) is 0.903. The van der Waals surface area contributed by atoms with Crippen LogP contribution < -0.4 is 0 Å². The lowest BCUT2D eigenvalue weighted by atomic mass is 10.2. The first-order chi connectivity index (χ1) is 12.2. The van der Waals surface area contributed by atoms with Gasteiger partial charge in [-0.25, -0.2) is 0 Å². The monoisotopic (exact) mass is 415 g/mol. The number of carbonyl (C=O) groups is 1. The summed E-state index contributed by atoms with van der Waals surface area (Å²) in [5.41, 5.74) is 0.680. The molecule has 6 heteroatoms. The smallest absolute Gasteiger partial charge is 0.290 e. The van der Waals surface area contributed by atoms with Crippen LogP contribution in [0.1, 0.15) is 21.2 Å². The number of rotatable bonds is 5. The number of nitrogens with zero attached hydrogens (tertiary/aromatic N) is 1. The first kappa shape index (κ1) is 16.2. The zero-order valence-corrected chi connectivity index (χ0v) is 15.5. The van der Waals surface area contributed by atoms with Gasteiger partial charge in [-0.2, -0.15) is 0 Å². The minimum atomic E-state index is -0.159. The SMILES string of the molecule is O=C(c1cc2cccc(Br)c2o1)N(Cc1ccco1)Cc1cccs1. The fraction of sp³-hybridized carbons (Fsp3) is 0.105. The first-order valence-corrected chi connectivity index (χ1v) is 9.40. The summed E-state index contributed by atoms with van der Waals surface area (Å²) in [6, 6.07) is 15.2. The number of carbonyl (C=O) groups excluding carboxylic acids is 1. The van der Waals surface area contributed by atoms with Crippen molar-refractivity contribution in [1.82, 2.24) is 4.90 Å². The fourth-order valence-electron chi connectivity index (χ4n) is 2.67. The molecule has 0 saturated carbocycles. The van der Waals surface area contributed by atoms with Crippen LogP contribution in [0.2, 0.25) is 0 Å². The Labute approximate surface area is 156 Å². The van der Waals surface area contributed by atoms with Crippen molar-refractivity contribution in [3.05, 3.63) is 81.0 Å². The van der Waals surface area contributed by atoms with Crippen LogP contribution in [0.3, 0.4) is 0 Å². The summed E-state index contributed by atoms with van der Waals surface area (Å²) in [5, 5.41) is 2.90. The number of hydrogen-bond donors (Lipinski definition) is 0. The lowest BCUT2D eigenvalue weighted by Gasteiger charge is -2.19. The predicted octanol–water partition coefficient (Wildman–Crippen LogP) is 5.69. The molecule has 3 aromatic heterocycles. The van der Waals surface area contributed by atoms with Gasteiger partial charge in [0.1, 0.15) is 11.3 Å². The maximum absolute atomic E-state index is 13.1. The summed E-state index contributed by atoms with van der Waals surface area (Å²) in [4.78, 5) is 15.9. The normalized spacial score (nSPS) is 11.1. The average Bonchev–Trinajstić information content (AvgIpc) is 3.35. The molecule has 0 atom stereocenters. The van der Waals surface area contributed by atoms with Gasteiger partial charge >= 0.3 is 0 Å². The molecule has 0 radical (unpaired) electrons. The second kappa shape index (κ2) is 6.90. The van der Waals surface area contributed by atoms with Crippen molar-refractivity contribution in [3.63, 3.8) is 0 Å². The van der Waals surface area contributed by atoms with Gasteiger partial charge in [0, 0.05) is 10.3 Å². The molecule has 4 rings (SSSR count). The van der Waals surface area contributed by atoms with Crippen LogP contribution in [0.15, 0.2) is 73.5 Å². The average molecular weight is 416 g/mol. The molecule has 4 aromatic rings. The van der Waals surface area contributed by atoms with Gasteiger partial charge in [0.05, 0.1) is 23.8 Å². The van der Waals surface area contributed by atoms with Crippen LogP contribution in [0.25, 0.3) is 11.0 Å². The molecular formula is C19H14BrNO3S. The van der Waals surface area contributed by atoms with E-state index in [0.717, 1.165) is 20.5 Å². The molecule has 1 amide bonds. The Kier molecular flexibility index (Phi) is 4.46. The first-order valence-electron chi connectivity index (χ1n) is 7.73. The molecule has 0 aliphatic carbocycles. The Morgan fingerprint density at radius 3 is 2.76 bits per heavy atom. The molecule has 0 N–H and O–H groups in total. The molecule has 126 valence electrons. The van der Waals surface area contributed by atoms with E-state index in [9.17, 15) is 4.79 Å². The van der Waals surface area contributed by atoms with Gasteiger partial charge in [0.15, 0.2) is 5.76 Å². The molecule has 0 saturated heterocycles. The Balaban J connectivity index is 1.66. The topological polar surface area (TPSA) is 46.6 Å². The van der Waals surface area contributed by atoms with Gasteiger partial charge in [0.25, 0.3) is 5.91 Å². The number of amides is 1. The summed E-state index contributed by atoms with van der Waals surface area (Å²) in [6.07, 6.45) is 1.61. The molecule has 4 nitrogen and oxygen atoms in total. The van der Waals surface area contributed by atoms with Gasteiger partial charge in [-0.1, -0.05) is 18.2 Å². The number of para-hydroxylation sites is 1. The highest BCUT2D eigenvalue weighted by Gasteiger charge is 2.22. The molecule has 0 aliphatic rings. The maximum atomic E-state index is 13.1. The van der Waals surface area contributed by atoms with Gasteiger partial charge < -0.3 is 13.7 Å². The third kappa shape index (κ3) is 3.41. The third-order valence-electron chi connectivity index (χ3n) is 3.85. The highest BCUT2D eigenvalue weighted by Crippen LogP contribution is 2.28. The van der Waals surface area contributed by atoms with Crippen molar-refractivity contribution in [2.45, 2.75) is 13.1 Å². The molecule has 0 fully saturated rings. The van der Waals surface area contributed by atoms with Gasteiger partial charge in [-0.05, 0) is 51.6 Å². The number of furan rings is 2. The van der Waals surface area contributed by atoms with Gasteiger partial charge in [-0.3, -0.25) is 4.79 Å². The summed E-state index contributed by atoms with van der Waals surface area (Å²) in [6.45, 7) is 0.900. The van der Waals surface area contributed by atoms with Gasteiger partial charge in [0.2, 0.25) is 0 Å². The number of benzene rings is 1. The van der Waals surface area contributed by atoms with Crippen molar-refractivity contribution in [2.75, 3.05) is 0 Å². The summed E-state index contributed by atoms with van der Waals surface area (Å²) in [7, 11) is 0.